The van der Waals surface area contributed by atoms with Crippen LogP contribution in [0.25, 0.3) is 0 Å². The minimum Gasteiger partial charge on any atom is -0.300 e. The fraction of sp³-hybridized carbons (Fsp3) is 0.800. The summed E-state index contributed by atoms with van der Waals surface area (Å²) in [6.45, 7) is 2.61. The Bertz CT molecular complexity index is 131. The normalized spacial score (nSPS) is 16.0. The van der Waals surface area contributed by atoms with Gasteiger partial charge in [0.1, 0.15) is 0 Å². The molecule has 0 rings (SSSR count). The first-order chi connectivity index (χ1) is 5.07. The topological polar surface area (TPSA) is 41.1 Å². The van der Waals surface area contributed by atoms with Crippen molar-refractivity contribution in [3.05, 3.63) is 0 Å². The molecule has 2 N–H and O–H groups in total. The molecule has 0 aromatic heterocycles. The summed E-state index contributed by atoms with van der Waals surface area (Å²) in [6.07, 6.45) is 0. The van der Waals surface area contributed by atoms with Crippen LogP contribution < -0.4 is 10.4 Å². The average molecular weight is 212 g/mol. The summed E-state index contributed by atoms with van der Waals surface area (Å²) in [7, 11) is 7.14. The summed E-state index contributed by atoms with van der Waals surface area (Å²) in [5.74, 6) is 0.253. The minimum absolute atomic E-state index is 0.0780. The summed E-state index contributed by atoms with van der Waals surface area (Å²) in [5.41, 5.74) is 0.0780. The molecule has 11 heavy (non-hydrogen) atoms. The molecule has 0 heterocycles. The Morgan fingerprint density at radius 2 is 2.18 bits per heavy atom. The van der Waals surface area contributed by atoms with Gasteiger partial charge in [-0.15, -0.1) is 9.24 Å². The molecule has 0 aromatic carbocycles. The van der Waals surface area contributed by atoms with Crippen molar-refractivity contribution in [3.8, 4) is 0 Å². The summed E-state index contributed by atoms with van der Waals surface area (Å²) in [5, 5.41) is 5.96. The second-order valence-corrected chi connectivity index (χ2v) is 4.30. The number of hydrogen-bond donors (Lipinski definition) is 2. The van der Waals surface area contributed by atoms with Crippen LogP contribution in [0.3, 0.4) is 0 Å². The number of rotatable bonds is 5. The predicted molar refractivity (Wildman–Crippen MR) is 58.5 cm³/mol. The third kappa shape index (κ3) is 6.08. The van der Waals surface area contributed by atoms with Gasteiger partial charge in [-0.1, -0.05) is 18.6 Å². The maximum Gasteiger partial charge on any atom is 0.166 e. The fourth-order valence-corrected chi connectivity index (χ4v) is 1.36. The first-order valence-electron chi connectivity index (χ1n) is 3.32. The maximum absolute atomic E-state index is 10.9. The number of hydrogen-bond acceptors (Lipinski definition) is 3. The molecule has 0 amide bonds. The van der Waals surface area contributed by atoms with Gasteiger partial charge in [-0.05, 0) is 6.92 Å². The monoisotopic (exact) mass is 212 g/mol. The van der Waals surface area contributed by atoms with Crippen molar-refractivity contribution in [2.45, 2.75) is 18.7 Å². The van der Waals surface area contributed by atoms with E-state index in [0.717, 1.165) is 0 Å². The van der Waals surface area contributed by atoms with Gasteiger partial charge in [-0.3, -0.25) is 9.88 Å². The molecule has 66 valence electrons. The van der Waals surface area contributed by atoms with E-state index >= 15 is 0 Å². The van der Waals surface area contributed by atoms with Crippen LogP contribution >= 0.6 is 27.9 Å². The van der Waals surface area contributed by atoms with Gasteiger partial charge in [-0.25, -0.2) is 0 Å². The van der Waals surface area contributed by atoms with Crippen molar-refractivity contribution >= 4 is 33.4 Å². The van der Waals surface area contributed by atoms with E-state index in [-0.39, 0.29) is 17.3 Å². The second-order valence-electron chi connectivity index (χ2n) is 2.32. The molecule has 3 nitrogen and oxygen atoms in total. The average Bonchev–Trinajstić information content (AvgIpc) is 1.86. The lowest BCUT2D eigenvalue weighted by Crippen LogP contribution is -2.42. The molecule has 0 saturated heterocycles. The number of nitrogens with one attached hydrogen (secondary N) is 2. The van der Waals surface area contributed by atoms with Crippen molar-refractivity contribution in [3.63, 3.8) is 0 Å². The summed E-state index contributed by atoms with van der Waals surface area (Å²) in [6, 6.07) is -0.120. The first kappa shape index (κ1) is 11.9. The largest absolute Gasteiger partial charge is 0.300 e. The van der Waals surface area contributed by atoms with Gasteiger partial charge in [0.25, 0.3) is 0 Å². The summed E-state index contributed by atoms with van der Waals surface area (Å²) in [4.78, 5) is 10.9. The van der Waals surface area contributed by atoms with Crippen molar-refractivity contribution < 1.29 is 4.79 Å². The molecule has 0 bridgehead atoms. The predicted octanol–water partition coefficient (Wildman–Crippen LogP) is -0.0529. The smallest absolute Gasteiger partial charge is 0.166 e. The zero-order valence-corrected chi connectivity index (χ0v) is 9.97. The highest BCUT2D eigenvalue weighted by Gasteiger charge is 2.13. The van der Waals surface area contributed by atoms with Gasteiger partial charge < -0.3 is 5.32 Å². The molecule has 0 aliphatic heterocycles. The summed E-state index contributed by atoms with van der Waals surface area (Å²) < 4.78 is 0. The van der Waals surface area contributed by atoms with Crippen LogP contribution in [-0.2, 0) is 4.79 Å². The van der Waals surface area contributed by atoms with E-state index in [1.807, 2.05) is 6.92 Å². The van der Waals surface area contributed by atoms with E-state index in [0.29, 0.717) is 6.54 Å². The van der Waals surface area contributed by atoms with Gasteiger partial charge >= 0.3 is 0 Å². The Balaban J connectivity index is 3.79. The van der Waals surface area contributed by atoms with Crippen LogP contribution in [0.2, 0.25) is 0 Å². The Labute approximate surface area is 74.5 Å². The molecule has 0 saturated carbocycles. The van der Waals surface area contributed by atoms with E-state index in [2.05, 4.69) is 38.3 Å². The Kier molecular flexibility index (Phi) is 6.91. The highest BCUT2D eigenvalue weighted by Crippen LogP contribution is 2.00. The lowest BCUT2D eigenvalue weighted by molar-refractivity contribution is -0.112. The molecule has 5 unspecified atom stereocenters. The van der Waals surface area contributed by atoms with Crippen molar-refractivity contribution in [1.82, 2.24) is 10.4 Å². The van der Waals surface area contributed by atoms with Crippen LogP contribution in [0.5, 0.6) is 0 Å². The molecule has 0 spiro atoms. The van der Waals surface area contributed by atoms with Gasteiger partial charge in [0.05, 0.1) is 6.04 Å². The van der Waals surface area contributed by atoms with Crippen LogP contribution in [0.4, 0.5) is 0 Å². The SMILES string of the molecule is CC(P)NC(CNP)C(=O)P. The van der Waals surface area contributed by atoms with E-state index < -0.39 is 0 Å². The Hall–Kier alpha value is 0.880. The molecule has 0 aromatic rings. The fourth-order valence-electron chi connectivity index (χ4n) is 0.677. The van der Waals surface area contributed by atoms with Crippen LogP contribution in [0, 0.1) is 0 Å². The van der Waals surface area contributed by atoms with Crippen LogP contribution in [0.1, 0.15) is 6.92 Å². The molecule has 0 radical (unpaired) electrons. The lowest BCUT2D eigenvalue weighted by atomic mass is 10.3. The van der Waals surface area contributed by atoms with E-state index in [1.165, 1.54) is 0 Å². The maximum atomic E-state index is 10.9. The zero-order chi connectivity index (χ0) is 8.85. The van der Waals surface area contributed by atoms with E-state index in [1.54, 1.807) is 0 Å². The molecule has 0 aliphatic carbocycles. The van der Waals surface area contributed by atoms with Crippen LogP contribution in [0.15, 0.2) is 0 Å². The Morgan fingerprint density at radius 1 is 1.64 bits per heavy atom. The highest BCUT2D eigenvalue weighted by molar-refractivity contribution is 7.40. The van der Waals surface area contributed by atoms with E-state index in [9.17, 15) is 4.79 Å². The van der Waals surface area contributed by atoms with Gasteiger partial charge in [0.2, 0.25) is 0 Å². The standard InChI is InChI=1S/C5H15N2OP3/c1-3(9)7-4(2-6-11)5(8)10/h3-4,6-7H,2,9-11H2,1H3. The first-order valence-corrected chi connectivity index (χ1v) is 5.14. The number of carbonyl (C=O) groups excluding carboxylic acids is 1. The van der Waals surface area contributed by atoms with Gasteiger partial charge in [0, 0.05) is 12.3 Å². The third-order valence-electron chi connectivity index (χ3n) is 1.13. The van der Waals surface area contributed by atoms with Crippen molar-refractivity contribution in [1.29, 1.82) is 0 Å². The van der Waals surface area contributed by atoms with Crippen molar-refractivity contribution in [2.75, 3.05) is 6.54 Å². The number of carbonyl (C=O) groups is 1. The molecule has 6 heteroatoms. The second kappa shape index (κ2) is 6.40. The summed E-state index contributed by atoms with van der Waals surface area (Å²) >= 11 is 0. The minimum atomic E-state index is -0.120. The van der Waals surface area contributed by atoms with Crippen molar-refractivity contribution in [2.24, 2.45) is 0 Å². The molecular weight excluding hydrogens is 197 g/mol. The zero-order valence-electron chi connectivity index (χ0n) is 6.50. The van der Waals surface area contributed by atoms with Gasteiger partial charge in [0.15, 0.2) is 5.52 Å². The van der Waals surface area contributed by atoms with Crippen LogP contribution in [-0.4, -0.2) is 23.9 Å². The quantitative estimate of drug-likeness (QED) is 0.627. The molecule has 0 aliphatic rings. The molecular formula is C5H15N2OP3. The molecule has 5 atom stereocenters. The van der Waals surface area contributed by atoms with E-state index in [4.69, 9.17) is 0 Å². The molecule has 0 fully saturated rings. The Morgan fingerprint density at radius 3 is 2.45 bits per heavy atom. The highest BCUT2D eigenvalue weighted by atomic mass is 31.0. The lowest BCUT2D eigenvalue weighted by Gasteiger charge is -2.17. The van der Waals surface area contributed by atoms with Gasteiger partial charge in [-0.2, -0.15) is 0 Å². The third-order valence-corrected chi connectivity index (χ3v) is 1.96.